The van der Waals surface area contributed by atoms with E-state index in [-0.39, 0.29) is 0 Å². The van der Waals surface area contributed by atoms with Gasteiger partial charge in [-0.25, -0.2) is 9.97 Å². The van der Waals surface area contributed by atoms with Crippen LogP contribution in [-0.2, 0) is 17.8 Å². The molecule has 0 aliphatic carbocycles. The first-order chi connectivity index (χ1) is 14.1. The molecule has 5 nitrogen and oxygen atoms in total. The number of fused-ring (bicyclic) bond motifs is 1. The molecule has 2 aromatic heterocycles. The number of thioether (sulfide) groups is 1. The summed E-state index contributed by atoms with van der Waals surface area (Å²) in [5.41, 5.74) is 3.34. The van der Waals surface area contributed by atoms with Gasteiger partial charge in [-0.1, -0.05) is 6.07 Å². The zero-order valence-corrected chi connectivity index (χ0v) is 18.9. The number of hydrogen-bond donors (Lipinski definition) is 1. The molecule has 3 aromatic rings. The van der Waals surface area contributed by atoms with Gasteiger partial charge in [0, 0.05) is 48.0 Å². The van der Waals surface area contributed by atoms with Crippen LogP contribution in [0.15, 0.2) is 34.5 Å². The summed E-state index contributed by atoms with van der Waals surface area (Å²) in [6.07, 6.45) is 4.76. The standard InChI is InChI=1S/C22H28N4OS2/c1-15-24-18(14-29-15)13-26(2)22-17(11-23-12-19-5-4-8-27-19)9-16-6-7-20(28-3)10-21(16)25-22/h6-7,9-10,14,19,23H,4-5,8,11-13H2,1-3H3/t19-/m0/s1. The molecule has 7 heteroatoms. The van der Waals surface area contributed by atoms with Crippen LogP contribution >= 0.6 is 23.1 Å². The highest BCUT2D eigenvalue weighted by atomic mass is 32.2. The summed E-state index contributed by atoms with van der Waals surface area (Å²) in [5, 5.41) is 8.00. The SMILES string of the molecule is CSc1ccc2cc(CNC[C@@H]3CCCO3)c(N(C)Cc3csc(C)n3)nc2c1. The largest absolute Gasteiger partial charge is 0.377 e. The molecule has 154 valence electrons. The fraction of sp³-hybridized carbons (Fsp3) is 0.455. The quantitative estimate of drug-likeness (QED) is 0.528. The second kappa shape index (κ2) is 9.43. The van der Waals surface area contributed by atoms with E-state index in [1.807, 2.05) is 6.92 Å². The van der Waals surface area contributed by atoms with Crippen molar-refractivity contribution in [3.8, 4) is 0 Å². The van der Waals surface area contributed by atoms with E-state index in [2.05, 4.69) is 58.1 Å². The highest BCUT2D eigenvalue weighted by Gasteiger charge is 2.17. The fourth-order valence-corrected chi connectivity index (χ4v) is 4.78. The first kappa shape index (κ1) is 20.6. The van der Waals surface area contributed by atoms with E-state index in [9.17, 15) is 0 Å². The number of anilines is 1. The molecular weight excluding hydrogens is 400 g/mol. The number of nitrogens with one attached hydrogen (secondary N) is 1. The van der Waals surface area contributed by atoms with Crippen molar-refractivity contribution in [3.05, 3.63) is 45.9 Å². The third-order valence-corrected chi connectivity index (χ3v) is 6.77. The van der Waals surface area contributed by atoms with Crippen LogP contribution in [-0.4, -0.2) is 42.5 Å². The van der Waals surface area contributed by atoms with Gasteiger partial charge in [0.2, 0.25) is 0 Å². The molecule has 29 heavy (non-hydrogen) atoms. The number of hydrogen-bond acceptors (Lipinski definition) is 7. The van der Waals surface area contributed by atoms with Crippen LogP contribution in [0.5, 0.6) is 0 Å². The average molecular weight is 429 g/mol. The molecule has 3 heterocycles. The predicted octanol–water partition coefficient (Wildman–Crippen LogP) is 4.63. The third-order valence-electron chi connectivity index (χ3n) is 5.22. The van der Waals surface area contributed by atoms with Crippen LogP contribution in [0.3, 0.4) is 0 Å². The molecule has 0 unspecified atom stereocenters. The number of aryl methyl sites for hydroxylation is 1. The molecule has 1 aromatic carbocycles. The molecule has 1 atom stereocenters. The third kappa shape index (κ3) is 5.09. The Bertz CT molecular complexity index is 969. The highest BCUT2D eigenvalue weighted by Crippen LogP contribution is 2.27. The van der Waals surface area contributed by atoms with Crippen molar-refractivity contribution in [1.29, 1.82) is 0 Å². The number of benzene rings is 1. The van der Waals surface area contributed by atoms with E-state index in [1.54, 1.807) is 23.1 Å². The van der Waals surface area contributed by atoms with E-state index in [1.165, 1.54) is 22.3 Å². The maximum Gasteiger partial charge on any atom is 0.133 e. The zero-order valence-electron chi connectivity index (χ0n) is 17.3. The minimum Gasteiger partial charge on any atom is -0.377 e. The minimum atomic E-state index is 0.340. The van der Waals surface area contributed by atoms with Crippen LogP contribution in [0, 0.1) is 6.92 Å². The molecule has 0 radical (unpaired) electrons. The van der Waals surface area contributed by atoms with Gasteiger partial charge in [0.1, 0.15) is 5.82 Å². The molecule has 0 spiro atoms. The Morgan fingerprint density at radius 1 is 1.31 bits per heavy atom. The van der Waals surface area contributed by atoms with Gasteiger partial charge in [-0.2, -0.15) is 0 Å². The molecule has 1 saturated heterocycles. The predicted molar refractivity (Wildman–Crippen MR) is 123 cm³/mol. The summed E-state index contributed by atoms with van der Waals surface area (Å²) >= 11 is 3.44. The maximum atomic E-state index is 5.75. The Morgan fingerprint density at radius 3 is 2.93 bits per heavy atom. The number of ether oxygens (including phenoxy) is 1. The smallest absolute Gasteiger partial charge is 0.133 e. The van der Waals surface area contributed by atoms with Gasteiger partial charge in [-0.05, 0) is 44.2 Å². The molecule has 0 amide bonds. The molecular formula is C22H28N4OS2. The number of pyridine rings is 1. The van der Waals surface area contributed by atoms with Crippen LogP contribution in [0.1, 0.15) is 29.1 Å². The maximum absolute atomic E-state index is 5.75. The van der Waals surface area contributed by atoms with Gasteiger partial charge < -0.3 is 15.0 Å². The Morgan fingerprint density at radius 2 is 2.21 bits per heavy atom. The second-order valence-corrected chi connectivity index (χ2v) is 9.45. The molecule has 1 aliphatic rings. The van der Waals surface area contributed by atoms with Gasteiger partial charge in [-0.3, -0.25) is 0 Å². The average Bonchev–Trinajstić information content (AvgIpc) is 3.38. The summed E-state index contributed by atoms with van der Waals surface area (Å²) in [6, 6.07) is 8.78. The topological polar surface area (TPSA) is 50.3 Å². The van der Waals surface area contributed by atoms with Crippen molar-refractivity contribution in [3.63, 3.8) is 0 Å². The zero-order chi connectivity index (χ0) is 20.2. The summed E-state index contributed by atoms with van der Waals surface area (Å²) in [7, 11) is 2.10. The Kier molecular flexibility index (Phi) is 6.70. The fourth-order valence-electron chi connectivity index (χ4n) is 3.74. The van der Waals surface area contributed by atoms with Crippen LogP contribution in [0.25, 0.3) is 10.9 Å². The van der Waals surface area contributed by atoms with Crippen molar-refractivity contribution in [2.24, 2.45) is 0 Å². The number of aromatic nitrogens is 2. The van der Waals surface area contributed by atoms with Gasteiger partial charge in [0.15, 0.2) is 0 Å². The van der Waals surface area contributed by atoms with E-state index in [0.29, 0.717) is 6.10 Å². The highest BCUT2D eigenvalue weighted by molar-refractivity contribution is 7.98. The lowest BCUT2D eigenvalue weighted by Gasteiger charge is -2.22. The lowest BCUT2D eigenvalue weighted by molar-refractivity contribution is 0.110. The van der Waals surface area contributed by atoms with Crippen LogP contribution in [0.2, 0.25) is 0 Å². The van der Waals surface area contributed by atoms with Crippen molar-refractivity contribution < 1.29 is 4.74 Å². The Labute approximate surface area is 180 Å². The number of thiazole rings is 1. The molecule has 1 N–H and O–H groups in total. The lowest BCUT2D eigenvalue weighted by Crippen LogP contribution is -2.27. The number of nitrogens with zero attached hydrogens (tertiary/aromatic N) is 3. The molecule has 0 saturated carbocycles. The van der Waals surface area contributed by atoms with Gasteiger partial charge in [0.25, 0.3) is 0 Å². The van der Waals surface area contributed by atoms with E-state index in [0.717, 1.165) is 54.7 Å². The van der Waals surface area contributed by atoms with E-state index in [4.69, 9.17) is 9.72 Å². The summed E-state index contributed by atoms with van der Waals surface area (Å²) in [6.45, 7) is 5.36. The van der Waals surface area contributed by atoms with Crippen molar-refractivity contribution in [2.75, 3.05) is 31.4 Å². The summed E-state index contributed by atoms with van der Waals surface area (Å²) in [4.78, 5) is 13.1. The first-order valence-electron chi connectivity index (χ1n) is 10.0. The molecule has 1 aliphatic heterocycles. The van der Waals surface area contributed by atoms with Gasteiger partial charge in [0.05, 0.1) is 28.9 Å². The van der Waals surface area contributed by atoms with Crippen molar-refractivity contribution in [1.82, 2.24) is 15.3 Å². The Hall–Kier alpha value is -1.67. The molecule has 1 fully saturated rings. The first-order valence-corrected chi connectivity index (χ1v) is 12.1. The van der Waals surface area contributed by atoms with Gasteiger partial charge in [-0.15, -0.1) is 23.1 Å². The van der Waals surface area contributed by atoms with Crippen molar-refractivity contribution >= 4 is 39.8 Å². The molecule has 4 rings (SSSR count). The van der Waals surface area contributed by atoms with E-state index < -0.39 is 0 Å². The molecule has 0 bridgehead atoms. The number of rotatable bonds is 8. The summed E-state index contributed by atoms with van der Waals surface area (Å²) < 4.78 is 5.75. The lowest BCUT2D eigenvalue weighted by atomic mass is 10.1. The minimum absolute atomic E-state index is 0.340. The Balaban J connectivity index is 1.59. The van der Waals surface area contributed by atoms with Crippen LogP contribution in [0.4, 0.5) is 5.82 Å². The summed E-state index contributed by atoms with van der Waals surface area (Å²) in [5.74, 6) is 1.02. The van der Waals surface area contributed by atoms with E-state index >= 15 is 0 Å². The monoisotopic (exact) mass is 428 g/mol. The normalized spacial score (nSPS) is 16.6. The van der Waals surface area contributed by atoms with Gasteiger partial charge >= 0.3 is 0 Å². The van der Waals surface area contributed by atoms with Crippen LogP contribution < -0.4 is 10.2 Å². The second-order valence-electron chi connectivity index (χ2n) is 7.51. The van der Waals surface area contributed by atoms with Crippen molar-refractivity contribution in [2.45, 2.75) is 43.9 Å².